The van der Waals surface area contributed by atoms with E-state index in [1.54, 1.807) is 0 Å². The SMILES string of the molecule is CC1(C)C(Cc2cc(CN3CCN(c4ccccc4)CC3)on2)CC1NC1CCC1. The molecule has 0 bridgehead atoms. The fraction of sp³-hybridized carbons (Fsp3) is 0.640. The van der Waals surface area contributed by atoms with Crippen LogP contribution < -0.4 is 10.2 Å². The van der Waals surface area contributed by atoms with E-state index in [1.165, 1.54) is 31.4 Å². The van der Waals surface area contributed by atoms with Crippen molar-refractivity contribution in [3.05, 3.63) is 47.9 Å². The minimum Gasteiger partial charge on any atom is -0.369 e. The highest BCUT2D eigenvalue weighted by Gasteiger charge is 2.48. The highest BCUT2D eigenvalue weighted by Crippen LogP contribution is 2.48. The van der Waals surface area contributed by atoms with Gasteiger partial charge in [0.25, 0.3) is 0 Å². The number of hydrogen-bond donors (Lipinski definition) is 1. The second-order valence-corrected chi connectivity index (χ2v) is 10.2. The van der Waals surface area contributed by atoms with E-state index in [9.17, 15) is 0 Å². The van der Waals surface area contributed by atoms with Crippen LogP contribution in [0.2, 0.25) is 0 Å². The maximum absolute atomic E-state index is 5.71. The van der Waals surface area contributed by atoms with Gasteiger partial charge in [-0.3, -0.25) is 4.90 Å². The Morgan fingerprint density at radius 3 is 2.53 bits per heavy atom. The highest BCUT2D eigenvalue weighted by molar-refractivity contribution is 5.46. The van der Waals surface area contributed by atoms with Gasteiger partial charge in [-0.25, -0.2) is 0 Å². The molecule has 5 nitrogen and oxygen atoms in total. The van der Waals surface area contributed by atoms with E-state index in [4.69, 9.17) is 4.52 Å². The first-order chi connectivity index (χ1) is 14.6. The summed E-state index contributed by atoms with van der Waals surface area (Å²) in [4.78, 5) is 4.95. The third-order valence-corrected chi connectivity index (χ3v) is 7.95. The van der Waals surface area contributed by atoms with Crippen molar-refractivity contribution in [2.24, 2.45) is 11.3 Å². The van der Waals surface area contributed by atoms with Gasteiger partial charge in [0.2, 0.25) is 0 Å². The van der Waals surface area contributed by atoms with Crippen LogP contribution in [-0.2, 0) is 13.0 Å². The van der Waals surface area contributed by atoms with Crippen molar-refractivity contribution >= 4 is 5.69 Å². The van der Waals surface area contributed by atoms with E-state index in [2.05, 4.69) is 70.5 Å². The Labute approximate surface area is 180 Å². The molecule has 2 aliphatic carbocycles. The van der Waals surface area contributed by atoms with Crippen molar-refractivity contribution in [2.75, 3.05) is 31.1 Å². The number of hydrogen-bond acceptors (Lipinski definition) is 5. The zero-order chi connectivity index (χ0) is 20.6. The van der Waals surface area contributed by atoms with E-state index in [1.807, 2.05) is 0 Å². The fourth-order valence-corrected chi connectivity index (χ4v) is 5.31. The quantitative estimate of drug-likeness (QED) is 0.747. The molecular weight excluding hydrogens is 372 g/mol. The minimum atomic E-state index is 0.350. The number of nitrogens with one attached hydrogen (secondary N) is 1. The molecule has 1 aliphatic heterocycles. The predicted octanol–water partition coefficient (Wildman–Crippen LogP) is 4.10. The Morgan fingerprint density at radius 1 is 1.10 bits per heavy atom. The summed E-state index contributed by atoms with van der Waals surface area (Å²) in [6, 6.07) is 14.4. The average Bonchev–Trinajstić information content (AvgIpc) is 3.17. The van der Waals surface area contributed by atoms with Gasteiger partial charge in [0.1, 0.15) is 0 Å². The Balaban J connectivity index is 1.09. The van der Waals surface area contributed by atoms with Gasteiger partial charge in [-0.1, -0.05) is 43.6 Å². The first-order valence-corrected chi connectivity index (χ1v) is 11.8. The van der Waals surface area contributed by atoms with Crippen LogP contribution in [0.25, 0.3) is 0 Å². The van der Waals surface area contributed by atoms with Crippen molar-refractivity contribution in [3.8, 4) is 0 Å². The summed E-state index contributed by atoms with van der Waals surface area (Å²) in [5.41, 5.74) is 2.81. The molecule has 5 heteroatoms. The molecule has 2 aromatic rings. The largest absolute Gasteiger partial charge is 0.369 e. The summed E-state index contributed by atoms with van der Waals surface area (Å²) < 4.78 is 5.71. The number of rotatable bonds is 7. The number of para-hydroxylation sites is 1. The van der Waals surface area contributed by atoms with Gasteiger partial charge in [0.15, 0.2) is 5.76 Å². The number of aromatic nitrogens is 1. The van der Waals surface area contributed by atoms with Crippen LogP contribution in [-0.4, -0.2) is 48.3 Å². The molecule has 1 N–H and O–H groups in total. The van der Waals surface area contributed by atoms with Crippen LogP contribution in [0.15, 0.2) is 40.9 Å². The summed E-state index contributed by atoms with van der Waals surface area (Å²) in [5, 5.41) is 8.29. The second-order valence-electron chi connectivity index (χ2n) is 10.2. The van der Waals surface area contributed by atoms with Crippen LogP contribution in [0.3, 0.4) is 0 Å². The summed E-state index contributed by atoms with van der Waals surface area (Å²) >= 11 is 0. The molecule has 1 aromatic heterocycles. The Morgan fingerprint density at radius 2 is 1.87 bits per heavy atom. The lowest BCUT2D eigenvalue weighted by Crippen LogP contribution is -2.60. The maximum atomic E-state index is 5.71. The van der Waals surface area contributed by atoms with Gasteiger partial charge >= 0.3 is 0 Å². The number of nitrogens with zero attached hydrogens (tertiary/aromatic N) is 3. The molecule has 2 atom stereocenters. The van der Waals surface area contributed by atoms with Gasteiger partial charge in [0.05, 0.1) is 12.2 Å². The molecule has 3 fully saturated rings. The van der Waals surface area contributed by atoms with Crippen molar-refractivity contribution in [2.45, 2.75) is 64.6 Å². The Kier molecular flexibility index (Phi) is 5.59. The first-order valence-electron chi connectivity index (χ1n) is 11.8. The van der Waals surface area contributed by atoms with E-state index >= 15 is 0 Å². The molecule has 0 radical (unpaired) electrons. The lowest BCUT2D eigenvalue weighted by molar-refractivity contribution is 0.000511. The Bertz CT molecular complexity index is 821. The third kappa shape index (κ3) is 4.15. The molecule has 2 saturated carbocycles. The van der Waals surface area contributed by atoms with E-state index in [0.717, 1.165) is 56.6 Å². The molecule has 0 spiro atoms. The lowest BCUT2D eigenvalue weighted by Gasteiger charge is -2.54. The molecule has 2 unspecified atom stereocenters. The van der Waals surface area contributed by atoms with Gasteiger partial charge in [0, 0.05) is 50.0 Å². The van der Waals surface area contributed by atoms with Gasteiger partial charge in [-0.15, -0.1) is 0 Å². The highest BCUT2D eigenvalue weighted by atomic mass is 16.5. The second kappa shape index (κ2) is 8.35. The van der Waals surface area contributed by atoms with Crippen molar-refractivity contribution in [1.82, 2.24) is 15.4 Å². The fourth-order valence-electron chi connectivity index (χ4n) is 5.31. The molecule has 0 amide bonds. The summed E-state index contributed by atoms with van der Waals surface area (Å²) in [6.07, 6.45) is 6.44. The topological polar surface area (TPSA) is 44.5 Å². The minimum absolute atomic E-state index is 0.350. The maximum Gasteiger partial charge on any atom is 0.150 e. The van der Waals surface area contributed by atoms with E-state index in [-0.39, 0.29) is 0 Å². The smallest absolute Gasteiger partial charge is 0.150 e. The van der Waals surface area contributed by atoms with Crippen LogP contribution >= 0.6 is 0 Å². The van der Waals surface area contributed by atoms with Gasteiger partial charge in [-0.05, 0) is 49.1 Å². The van der Waals surface area contributed by atoms with Gasteiger partial charge < -0.3 is 14.7 Å². The van der Waals surface area contributed by atoms with Crippen LogP contribution in [0.1, 0.15) is 51.0 Å². The standard InChI is InChI=1S/C25H36N4O/c1-25(2)19(16-24(25)26-20-7-6-8-20)15-21-17-23(30-27-21)18-28-11-13-29(14-12-28)22-9-4-3-5-10-22/h3-5,9-10,17,19-20,24,26H,6-8,11-16,18H2,1-2H3. The summed E-state index contributed by atoms with van der Waals surface area (Å²) in [6.45, 7) is 9.97. The van der Waals surface area contributed by atoms with Crippen LogP contribution in [0, 0.1) is 11.3 Å². The lowest BCUT2D eigenvalue weighted by atomic mass is 9.57. The third-order valence-electron chi connectivity index (χ3n) is 7.95. The van der Waals surface area contributed by atoms with Gasteiger partial charge in [-0.2, -0.15) is 0 Å². The molecule has 2 heterocycles. The summed E-state index contributed by atoms with van der Waals surface area (Å²) in [5.74, 6) is 1.71. The Hall–Kier alpha value is -1.85. The van der Waals surface area contributed by atoms with Crippen LogP contribution in [0.4, 0.5) is 5.69 Å². The van der Waals surface area contributed by atoms with Crippen LogP contribution in [0.5, 0.6) is 0 Å². The molecule has 1 aromatic carbocycles. The number of benzene rings is 1. The van der Waals surface area contributed by atoms with Crippen molar-refractivity contribution < 1.29 is 4.52 Å². The molecule has 1 saturated heterocycles. The zero-order valence-corrected chi connectivity index (χ0v) is 18.5. The monoisotopic (exact) mass is 408 g/mol. The molecule has 30 heavy (non-hydrogen) atoms. The molecule has 5 rings (SSSR count). The molecule has 162 valence electrons. The number of anilines is 1. The predicted molar refractivity (Wildman–Crippen MR) is 121 cm³/mol. The van der Waals surface area contributed by atoms with E-state index < -0.39 is 0 Å². The first kappa shape index (κ1) is 20.1. The number of piperazine rings is 1. The van der Waals surface area contributed by atoms with Crippen molar-refractivity contribution in [1.29, 1.82) is 0 Å². The molecular formula is C25H36N4O. The molecule has 3 aliphatic rings. The average molecular weight is 409 g/mol. The van der Waals surface area contributed by atoms with E-state index in [0.29, 0.717) is 17.4 Å². The normalized spacial score (nSPS) is 26.9. The zero-order valence-electron chi connectivity index (χ0n) is 18.5. The summed E-state index contributed by atoms with van der Waals surface area (Å²) in [7, 11) is 0. The van der Waals surface area contributed by atoms with Crippen molar-refractivity contribution in [3.63, 3.8) is 0 Å².